The second-order valence-corrected chi connectivity index (χ2v) is 5.94. The Kier molecular flexibility index (Phi) is 6.09. The number of nitrogens with one attached hydrogen (secondary N) is 1. The molecular weight excluding hydrogens is 321 g/mol. The zero-order valence-corrected chi connectivity index (χ0v) is 14.0. The number of carbonyl (C=O) groups is 1. The molecule has 132 valence electrons. The highest BCUT2D eigenvalue weighted by Gasteiger charge is 2.19. The molecule has 0 radical (unpaired) electrons. The second kappa shape index (κ2) is 8.69. The molecule has 0 unspecified atom stereocenters. The van der Waals surface area contributed by atoms with Crippen molar-refractivity contribution in [3.8, 4) is 0 Å². The number of hydrogen-bond acceptors (Lipinski definition) is 4. The first-order valence-corrected chi connectivity index (χ1v) is 8.49. The Morgan fingerprint density at radius 2 is 1.96 bits per heavy atom. The van der Waals surface area contributed by atoms with Crippen molar-refractivity contribution >= 4 is 5.91 Å². The van der Waals surface area contributed by atoms with E-state index in [1.54, 1.807) is 6.07 Å². The van der Waals surface area contributed by atoms with Crippen LogP contribution in [0.25, 0.3) is 0 Å². The van der Waals surface area contributed by atoms with E-state index in [-0.39, 0.29) is 17.8 Å². The lowest BCUT2D eigenvalue weighted by Crippen LogP contribution is -2.41. The van der Waals surface area contributed by atoms with E-state index < -0.39 is 0 Å². The molecule has 1 aliphatic rings. The minimum atomic E-state index is -0.363. The summed E-state index contributed by atoms with van der Waals surface area (Å²) >= 11 is 0. The summed E-state index contributed by atoms with van der Waals surface area (Å²) in [6.07, 6.45) is 1.62. The van der Waals surface area contributed by atoms with Crippen LogP contribution < -0.4 is 5.32 Å². The van der Waals surface area contributed by atoms with Crippen LogP contribution >= 0.6 is 0 Å². The summed E-state index contributed by atoms with van der Waals surface area (Å²) in [6.45, 7) is 3.03. The molecule has 0 aliphatic carbocycles. The van der Waals surface area contributed by atoms with Crippen LogP contribution in [0.4, 0.5) is 4.39 Å². The Balaban J connectivity index is 1.64. The van der Waals surface area contributed by atoms with Gasteiger partial charge in [0.15, 0.2) is 0 Å². The van der Waals surface area contributed by atoms with Crippen molar-refractivity contribution < 1.29 is 13.9 Å². The van der Waals surface area contributed by atoms with Crippen molar-refractivity contribution in [1.82, 2.24) is 15.2 Å². The zero-order valence-electron chi connectivity index (χ0n) is 14.0. The number of aromatic nitrogens is 1. The smallest absolute Gasteiger partial charge is 0.224 e. The van der Waals surface area contributed by atoms with Gasteiger partial charge in [-0.1, -0.05) is 30.3 Å². The van der Waals surface area contributed by atoms with E-state index in [1.165, 1.54) is 12.3 Å². The molecular formula is C19H22FN3O2. The molecule has 1 amide bonds. The van der Waals surface area contributed by atoms with Crippen molar-refractivity contribution in [1.29, 1.82) is 0 Å². The Labute approximate surface area is 146 Å². The van der Waals surface area contributed by atoms with Gasteiger partial charge >= 0.3 is 0 Å². The normalized spacial score (nSPS) is 15.8. The van der Waals surface area contributed by atoms with Gasteiger partial charge in [0.1, 0.15) is 5.82 Å². The molecule has 3 rings (SSSR count). The number of hydrogen-bond donors (Lipinski definition) is 1. The van der Waals surface area contributed by atoms with Crippen molar-refractivity contribution in [3.63, 3.8) is 0 Å². The average Bonchev–Trinajstić information content (AvgIpc) is 2.67. The van der Waals surface area contributed by atoms with E-state index in [2.05, 4.69) is 10.3 Å². The third-order valence-corrected chi connectivity index (χ3v) is 4.23. The largest absolute Gasteiger partial charge is 0.378 e. The van der Waals surface area contributed by atoms with Gasteiger partial charge < -0.3 is 15.0 Å². The van der Waals surface area contributed by atoms with Gasteiger partial charge in [-0.3, -0.25) is 9.78 Å². The maximum atomic E-state index is 13.2. The molecule has 1 N–H and O–H groups in total. The van der Waals surface area contributed by atoms with Gasteiger partial charge in [0, 0.05) is 26.1 Å². The summed E-state index contributed by atoms with van der Waals surface area (Å²) in [6, 6.07) is 12.7. The molecule has 0 saturated carbocycles. The summed E-state index contributed by atoms with van der Waals surface area (Å²) in [7, 11) is 0. The highest BCUT2D eigenvalue weighted by Crippen LogP contribution is 2.20. The summed E-state index contributed by atoms with van der Waals surface area (Å²) in [5.41, 5.74) is 1.76. The number of ether oxygens (including phenoxy) is 1. The first-order chi connectivity index (χ1) is 12.2. The number of morpholine rings is 1. The molecule has 5 nitrogen and oxygen atoms in total. The minimum Gasteiger partial charge on any atom is -0.378 e. The van der Waals surface area contributed by atoms with Gasteiger partial charge in [-0.15, -0.1) is 0 Å². The maximum absolute atomic E-state index is 13.2. The Hall–Kier alpha value is -2.31. The fourth-order valence-electron chi connectivity index (χ4n) is 2.89. The fourth-order valence-corrected chi connectivity index (χ4v) is 2.89. The first kappa shape index (κ1) is 17.5. The Morgan fingerprint density at radius 1 is 1.20 bits per heavy atom. The van der Waals surface area contributed by atoms with Crippen molar-refractivity contribution in [2.24, 2.45) is 0 Å². The van der Waals surface area contributed by atoms with Gasteiger partial charge in [0.05, 0.1) is 31.1 Å². The Bertz CT molecular complexity index is 673. The average molecular weight is 343 g/mol. The van der Waals surface area contributed by atoms with E-state index in [9.17, 15) is 9.18 Å². The topological polar surface area (TPSA) is 54.5 Å². The number of halogens is 1. The van der Waals surface area contributed by atoms with Gasteiger partial charge in [-0.2, -0.15) is 0 Å². The number of benzene rings is 1. The maximum Gasteiger partial charge on any atom is 0.224 e. The van der Waals surface area contributed by atoms with E-state index >= 15 is 0 Å². The summed E-state index contributed by atoms with van der Waals surface area (Å²) < 4.78 is 18.4. The van der Waals surface area contributed by atoms with Crippen LogP contribution in [0.15, 0.2) is 48.7 Å². The molecule has 1 atom stereocenters. The van der Waals surface area contributed by atoms with E-state index in [4.69, 9.17) is 4.74 Å². The van der Waals surface area contributed by atoms with E-state index in [1.807, 2.05) is 35.2 Å². The second-order valence-electron chi connectivity index (χ2n) is 5.94. The van der Waals surface area contributed by atoms with Gasteiger partial charge in [-0.25, -0.2) is 4.39 Å². The molecule has 1 fully saturated rings. The molecule has 1 aromatic carbocycles. The molecule has 6 heteroatoms. The molecule has 2 aromatic rings. The minimum absolute atomic E-state index is 0.120. The SMILES string of the molecule is O=C(CCN[C@@H](c1ccccc1)c1ccc(F)cn1)N1CCOCC1. The number of pyridine rings is 1. The molecule has 1 aromatic heterocycles. The zero-order chi connectivity index (χ0) is 17.5. The summed E-state index contributed by atoms with van der Waals surface area (Å²) in [4.78, 5) is 18.3. The van der Waals surface area contributed by atoms with Crippen LogP contribution in [-0.2, 0) is 9.53 Å². The third-order valence-electron chi connectivity index (χ3n) is 4.23. The van der Waals surface area contributed by atoms with Gasteiger partial charge in [0.25, 0.3) is 0 Å². The molecule has 25 heavy (non-hydrogen) atoms. The standard InChI is InChI=1S/C19H22FN3O2/c20-16-6-7-17(22-14-16)19(15-4-2-1-3-5-15)21-9-8-18(24)23-10-12-25-13-11-23/h1-7,14,19,21H,8-13H2/t19-/m0/s1. The predicted molar refractivity (Wildman–Crippen MR) is 92.5 cm³/mol. The quantitative estimate of drug-likeness (QED) is 0.873. The highest BCUT2D eigenvalue weighted by molar-refractivity contribution is 5.76. The van der Waals surface area contributed by atoms with Crippen molar-refractivity contribution in [2.45, 2.75) is 12.5 Å². The van der Waals surface area contributed by atoms with Crippen LogP contribution in [0.3, 0.4) is 0 Å². The lowest BCUT2D eigenvalue weighted by atomic mass is 10.0. The monoisotopic (exact) mass is 343 g/mol. The number of rotatable bonds is 6. The molecule has 2 heterocycles. The lowest BCUT2D eigenvalue weighted by Gasteiger charge is -2.27. The lowest BCUT2D eigenvalue weighted by molar-refractivity contribution is -0.135. The van der Waals surface area contributed by atoms with Crippen molar-refractivity contribution in [2.75, 3.05) is 32.8 Å². The van der Waals surface area contributed by atoms with E-state index in [0.717, 1.165) is 11.3 Å². The molecule has 1 saturated heterocycles. The van der Waals surface area contributed by atoms with Crippen LogP contribution in [-0.4, -0.2) is 48.6 Å². The first-order valence-electron chi connectivity index (χ1n) is 8.49. The van der Waals surface area contributed by atoms with Gasteiger partial charge in [0.2, 0.25) is 5.91 Å². The van der Waals surface area contributed by atoms with Crippen LogP contribution in [0.2, 0.25) is 0 Å². The van der Waals surface area contributed by atoms with Crippen molar-refractivity contribution in [3.05, 3.63) is 65.7 Å². The molecule has 1 aliphatic heterocycles. The number of carbonyl (C=O) groups excluding carboxylic acids is 1. The highest BCUT2D eigenvalue weighted by atomic mass is 19.1. The number of amides is 1. The Morgan fingerprint density at radius 3 is 2.64 bits per heavy atom. The summed E-state index contributed by atoms with van der Waals surface area (Å²) in [5.74, 6) is -0.243. The molecule has 0 bridgehead atoms. The fraction of sp³-hybridized carbons (Fsp3) is 0.368. The predicted octanol–water partition coefficient (Wildman–Crippen LogP) is 2.15. The summed E-state index contributed by atoms with van der Waals surface area (Å²) in [5, 5.41) is 3.38. The van der Waals surface area contributed by atoms with E-state index in [0.29, 0.717) is 39.3 Å². The van der Waals surface area contributed by atoms with Crippen LogP contribution in [0, 0.1) is 5.82 Å². The molecule has 0 spiro atoms. The van der Waals surface area contributed by atoms with Crippen LogP contribution in [0.5, 0.6) is 0 Å². The van der Waals surface area contributed by atoms with Gasteiger partial charge in [-0.05, 0) is 17.7 Å². The van der Waals surface area contributed by atoms with Crippen LogP contribution in [0.1, 0.15) is 23.7 Å². The third kappa shape index (κ3) is 4.84. The number of nitrogens with zero attached hydrogens (tertiary/aromatic N) is 2.